The van der Waals surface area contributed by atoms with Crippen molar-refractivity contribution >= 4 is 23.2 Å². The van der Waals surface area contributed by atoms with Gasteiger partial charge >= 0.3 is 0 Å². The summed E-state index contributed by atoms with van der Waals surface area (Å²) in [5, 5.41) is 3.36. The monoisotopic (exact) mass is 310 g/mol. The zero-order chi connectivity index (χ0) is 15.4. The summed E-state index contributed by atoms with van der Waals surface area (Å²) in [6.07, 6.45) is 4.91. The van der Waals surface area contributed by atoms with Gasteiger partial charge in [0.25, 0.3) is 5.91 Å². The van der Waals surface area contributed by atoms with E-state index in [9.17, 15) is 4.79 Å². The summed E-state index contributed by atoms with van der Waals surface area (Å²) in [5.41, 5.74) is 6.57. The molecule has 0 radical (unpaired) electrons. The molecule has 0 bridgehead atoms. The molecule has 0 aromatic heterocycles. The molecule has 116 valence electrons. The molecular weight excluding hydrogens is 288 g/mol. The van der Waals surface area contributed by atoms with E-state index in [1.54, 1.807) is 12.1 Å². The number of nitrogens with one attached hydrogen (secondary N) is 1. The highest BCUT2D eigenvalue weighted by Gasteiger charge is 2.21. The maximum atomic E-state index is 12.3. The second-order valence-corrected chi connectivity index (χ2v) is 6.33. The maximum absolute atomic E-state index is 12.3. The highest BCUT2D eigenvalue weighted by Crippen LogP contribution is 2.30. The van der Waals surface area contributed by atoms with Crippen molar-refractivity contribution in [2.75, 3.05) is 19.4 Å². The van der Waals surface area contributed by atoms with Crippen molar-refractivity contribution in [1.82, 2.24) is 5.32 Å². The van der Waals surface area contributed by atoms with Crippen LogP contribution in [-0.2, 0) is 0 Å². The van der Waals surface area contributed by atoms with E-state index in [0.29, 0.717) is 34.5 Å². The molecule has 1 aliphatic rings. The molecule has 1 aliphatic carbocycles. The average molecular weight is 311 g/mol. The van der Waals surface area contributed by atoms with Crippen molar-refractivity contribution in [3.05, 3.63) is 22.7 Å². The minimum Gasteiger partial charge on any atom is -0.496 e. The van der Waals surface area contributed by atoms with Gasteiger partial charge in [0.05, 0.1) is 23.4 Å². The summed E-state index contributed by atoms with van der Waals surface area (Å²) in [6, 6.07) is 3.15. The van der Waals surface area contributed by atoms with Crippen LogP contribution in [0.4, 0.5) is 5.69 Å². The quantitative estimate of drug-likeness (QED) is 0.837. The van der Waals surface area contributed by atoms with E-state index in [0.717, 1.165) is 5.92 Å². The first-order valence-corrected chi connectivity index (χ1v) is 7.80. The first-order chi connectivity index (χ1) is 10.0. The van der Waals surface area contributed by atoms with Gasteiger partial charge in [-0.1, -0.05) is 31.4 Å². The molecule has 0 heterocycles. The minimum atomic E-state index is -0.160. The second kappa shape index (κ2) is 7.03. The second-order valence-electron chi connectivity index (χ2n) is 5.92. The molecule has 2 atom stereocenters. The highest BCUT2D eigenvalue weighted by molar-refractivity contribution is 6.33. The molecule has 1 saturated carbocycles. The van der Waals surface area contributed by atoms with Crippen molar-refractivity contribution in [2.45, 2.75) is 32.6 Å². The molecule has 0 aliphatic heterocycles. The Morgan fingerprint density at radius 2 is 2.24 bits per heavy atom. The lowest BCUT2D eigenvalue weighted by atomic mass is 9.82. The van der Waals surface area contributed by atoms with Crippen LogP contribution in [0.1, 0.15) is 43.0 Å². The number of nitrogens with two attached hydrogens (primary N) is 1. The van der Waals surface area contributed by atoms with Gasteiger partial charge in [-0.05, 0) is 30.7 Å². The number of carbonyl (C=O) groups excluding carboxylic acids is 1. The molecule has 0 saturated heterocycles. The van der Waals surface area contributed by atoms with Crippen LogP contribution in [0, 0.1) is 11.8 Å². The van der Waals surface area contributed by atoms with Crippen LogP contribution < -0.4 is 15.8 Å². The van der Waals surface area contributed by atoms with Crippen LogP contribution in [0.5, 0.6) is 5.75 Å². The van der Waals surface area contributed by atoms with Crippen LogP contribution in [0.25, 0.3) is 0 Å². The molecule has 3 N–H and O–H groups in total. The maximum Gasteiger partial charge on any atom is 0.255 e. The van der Waals surface area contributed by atoms with E-state index in [4.69, 9.17) is 22.1 Å². The van der Waals surface area contributed by atoms with Crippen molar-refractivity contribution in [2.24, 2.45) is 11.8 Å². The highest BCUT2D eigenvalue weighted by atomic mass is 35.5. The molecule has 1 aromatic rings. The molecular formula is C16H23ClN2O2. The number of nitrogen functional groups attached to an aromatic ring is 1. The average Bonchev–Trinajstić information content (AvgIpc) is 2.47. The van der Waals surface area contributed by atoms with Gasteiger partial charge in [-0.25, -0.2) is 0 Å². The fraction of sp³-hybridized carbons (Fsp3) is 0.562. The molecule has 4 nitrogen and oxygen atoms in total. The normalized spacial score (nSPS) is 21.9. The first-order valence-electron chi connectivity index (χ1n) is 7.42. The summed E-state index contributed by atoms with van der Waals surface area (Å²) >= 11 is 5.99. The fourth-order valence-electron chi connectivity index (χ4n) is 2.99. The molecule has 5 heteroatoms. The number of benzene rings is 1. The van der Waals surface area contributed by atoms with Gasteiger partial charge in [0.2, 0.25) is 0 Å². The Balaban J connectivity index is 2.01. The number of anilines is 1. The zero-order valence-electron chi connectivity index (χ0n) is 12.6. The topological polar surface area (TPSA) is 64.3 Å². The fourth-order valence-corrected chi connectivity index (χ4v) is 3.16. The van der Waals surface area contributed by atoms with Crippen LogP contribution in [0.15, 0.2) is 12.1 Å². The Hall–Kier alpha value is -1.42. The lowest BCUT2D eigenvalue weighted by Crippen LogP contribution is -2.31. The predicted molar refractivity (Wildman–Crippen MR) is 85.9 cm³/mol. The van der Waals surface area contributed by atoms with Gasteiger partial charge in [0, 0.05) is 12.6 Å². The van der Waals surface area contributed by atoms with E-state index in [2.05, 4.69) is 12.2 Å². The standard InChI is InChI=1S/C16H23ClN2O2/c1-10-4-3-5-11(6-10)9-19-16(20)12-7-13(17)14(18)8-15(12)21-2/h7-8,10-11H,3-6,9,18H2,1-2H3,(H,19,20). The van der Waals surface area contributed by atoms with E-state index in [1.165, 1.54) is 32.8 Å². The van der Waals surface area contributed by atoms with E-state index in [-0.39, 0.29) is 5.91 Å². The van der Waals surface area contributed by atoms with Crippen LogP contribution in [-0.4, -0.2) is 19.6 Å². The number of methoxy groups -OCH3 is 1. The van der Waals surface area contributed by atoms with E-state index < -0.39 is 0 Å². The summed E-state index contributed by atoms with van der Waals surface area (Å²) in [4.78, 5) is 12.3. The lowest BCUT2D eigenvalue weighted by molar-refractivity contribution is 0.0937. The molecule has 1 fully saturated rings. The van der Waals surface area contributed by atoms with E-state index in [1.807, 2.05) is 0 Å². The predicted octanol–water partition coefficient (Wildman–Crippen LogP) is 3.49. The number of halogens is 1. The molecule has 2 unspecified atom stereocenters. The molecule has 2 rings (SSSR count). The summed E-state index contributed by atoms with van der Waals surface area (Å²) in [6.45, 7) is 2.98. The third-order valence-electron chi connectivity index (χ3n) is 4.16. The van der Waals surface area contributed by atoms with Crippen molar-refractivity contribution in [3.8, 4) is 5.75 Å². The zero-order valence-corrected chi connectivity index (χ0v) is 13.4. The third kappa shape index (κ3) is 4.03. The molecule has 21 heavy (non-hydrogen) atoms. The Labute approximate surface area is 131 Å². The number of carbonyl (C=O) groups is 1. The van der Waals surface area contributed by atoms with Gasteiger partial charge in [-0.15, -0.1) is 0 Å². The van der Waals surface area contributed by atoms with Gasteiger partial charge in [0.1, 0.15) is 5.75 Å². The number of hydrogen-bond acceptors (Lipinski definition) is 3. The Kier molecular flexibility index (Phi) is 5.34. The van der Waals surface area contributed by atoms with Crippen molar-refractivity contribution < 1.29 is 9.53 Å². The number of rotatable bonds is 4. The van der Waals surface area contributed by atoms with Crippen LogP contribution in [0.2, 0.25) is 5.02 Å². The van der Waals surface area contributed by atoms with Gasteiger partial charge < -0.3 is 15.8 Å². The number of amides is 1. The summed E-state index contributed by atoms with van der Waals surface area (Å²) in [5.74, 6) is 1.60. The third-order valence-corrected chi connectivity index (χ3v) is 4.49. The first kappa shape index (κ1) is 16.0. The lowest BCUT2D eigenvalue weighted by Gasteiger charge is -2.26. The Bertz CT molecular complexity index is 519. The molecule has 0 spiro atoms. The van der Waals surface area contributed by atoms with Crippen LogP contribution in [0.3, 0.4) is 0 Å². The Morgan fingerprint density at radius 1 is 1.48 bits per heavy atom. The Morgan fingerprint density at radius 3 is 2.90 bits per heavy atom. The number of hydrogen-bond donors (Lipinski definition) is 2. The van der Waals surface area contributed by atoms with Crippen molar-refractivity contribution in [1.29, 1.82) is 0 Å². The van der Waals surface area contributed by atoms with Gasteiger partial charge in [0.15, 0.2) is 0 Å². The molecule has 1 amide bonds. The number of ether oxygens (including phenoxy) is 1. The summed E-state index contributed by atoms with van der Waals surface area (Å²) in [7, 11) is 1.52. The van der Waals surface area contributed by atoms with Crippen molar-refractivity contribution in [3.63, 3.8) is 0 Å². The minimum absolute atomic E-state index is 0.160. The summed E-state index contributed by atoms with van der Waals surface area (Å²) < 4.78 is 5.21. The molecule has 1 aromatic carbocycles. The van der Waals surface area contributed by atoms with Gasteiger partial charge in [-0.2, -0.15) is 0 Å². The van der Waals surface area contributed by atoms with E-state index >= 15 is 0 Å². The smallest absolute Gasteiger partial charge is 0.255 e. The largest absolute Gasteiger partial charge is 0.496 e. The van der Waals surface area contributed by atoms with Crippen LogP contribution >= 0.6 is 11.6 Å². The van der Waals surface area contributed by atoms with Gasteiger partial charge in [-0.3, -0.25) is 4.79 Å². The SMILES string of the molecule is COc1cc(N)c(Cl)cc1C(=O)NCC1CCCC(C)C1.